The van der Waals surface area contributed by atoms with Gasteiger partial charge in [0.2, 0.25) is 11.8 Å². The molecule has 4 rings (SSSR count). The molecule has 3 N–H and O–H groups in total. The summed E-state index contributed by atoms with van der Waals surface area (Å²) in [7, 11) is 10.1. The lowest BCUT2D eigenvalue weighted by atomic mass is 9.49. The van der Waals surface area contributed by atoms with Crippen LogP contribution in [0.2, 0.25) is 0 Å². The molecule has 0 bridgehead atoms. The fourth-order valence-electron chi connectivity index (χ4n) is 3.82. The van der Waals surface area contributed by atoms with E-state index in [9.17, 15) is 14.4 Å². The predicted molar refractivity (Wildman–Crippen MR) is 157 cm³/mol. The maximum Gasteiger partial charge on any atom is 0.272 e. The fourth-order valence-corrected chi connectivity index (χ4v) is 3.82. The van der Waals surface area contributed by atoms with Crippen LogP contribution in [0.25, 0.3) is 11.5 Å². The summed E-state index contributed by atoms with van der Waals surface area (Å²) in [5.41, 5.74) is 1.27. The molecule has 3 aromatic rings. The third kappa shape index (κ3) is 7.63. The van der Waals surface area contributed by atoms with Crippen LogP contribution < -0.4 is 20.7 Å². The van der Waals surface area contributed by atoms with Crippen molar-refractivity contribution in [1.29, 1.82) is 0 Å². The molecule has 212 valence electrons. The molecule has 17 heteroatoms. The highest BCUT2D eigenvalue weighted by molar-refractivity contribution is 6.60. The summed E-state index contributed by atoms with van der Waals surface area (Å²) in [6.07, 6.45) is 1.66. The number of benzene rings is 1. The van der Waals surface area contributed by atoms with Gasteiger partial charge in [0.05, 0.1) is 30.6 Å². The monoisotopic (exact) mass is 560 g/mol. The SMILES string of the molecule is BC(B)(B)NC(=O)c1nnc(NC(=O)C2CC2)cc1Nc1cccc(-c2nc(CN(C)C(=O)COC)no2)c1OC. The third-order valence-corrected chi connectivity index (χ3v) is 5.96. The molecule has 41 heavy (non-hydrogen) atoms. The summed E-state index contributed by atoms with van der Waals surface area (Å²) in [6, 6.07) is 6.78. The van der Waals surface area contributed by atoms with E-state index < -0.39 is 11.1 Å². The van der Waals surface area contributed by atoms with Crippen molar-refractivity contribution < 1.29 is 28.4 Å². The highest BCUT2D eigenvalue weighted by Crippen LogP contribution is 2.38. The highest BCUT2D eigenvalue weighted by atomic mass is 16.5. The van der Waals surface area contributed by atoms with Gasteiger partial charge in [-0.25, -0.2) is 0 Å². The van der Waals surface area contributed by atoms with E-state index in [-0.39, 0.29) is 48.3 Å². The van der Waals surface area contributed by atoms with E-state index in [2.05, 4.69) is 36.3 Å². The lowest BCUT2D eigenvalue weighted by Gasteiger charge is -2.21. The van der Waals surface area contributed by atoms with Crippen LogP contribution in [-0.4, -0.2) is 99.6 Å². The Hall–Kier alpha value is -4.40. The van der Waals surface area contributed by atoms with Crippen molar-refractivity contribution in [3.63, 3.8) is 0 Å². The van der Waals surface area contributed by atoms with E-state index in [0.29, 0.717) is 28.5 Å². The number of rotatable bonds is 12. The first kappa shape index (κ1) is 29.6. The molecule has 0 atom stereocenters. The molecule has 1 fully saturated rings. The summed E-state index contributed by atoms with van der Waals surface area (Å²) in [6.45, 7) is 0.0601. The van der Waals surface area contributed by atoms with E-state index in [1.54, 1.807) is 31.3 Å². The van der Waals surface area contributed by atoms with Crippen LogP contribution in [0.5, 0.6) is 5.75 Å². The number of hydrogen-bond acceptors (Lipinski definition) is 11. The van der Waals surface area contributed by atoms with Gasteiger partial charge in [0, 0.05) is 26.1 Å². The summed E-state index contributed by atoms with van der Waals surface area (Å²) < 4.78 is 16.1. The number of anilines is 3. The van der Waals surface area contributed by atoms with Gasteiger partial charge in [0.1, 0.15) is 30.1 Å². The second kappa shape index (κ2) is 12.4. The number of aromatic nitrogens is 4. The number of hydrogen-bond donors (Lipinski definition) is 3. The number of amides is 3. The maximum atomic E-state index is 13.1. The van der Waals surface area contributed by atoms with E-state index in [1.807, 2.05) is 23.5 Å². The number of nitrogens with one attached hydrogen (secondary N) is 3. The van der Waals surface area contributed by atoms with Crippen molar-refractivity contribution in [3.8, 4) is 17.2 Å². The maximum absolute atomic E-state index is 13.1. The number of nitrogens with zero attached hydrogens (tertiary/aromatic N) is 5. The minimum atomic E-state index is -0.523. The molecule has 3 amide bonds. The average Bonchev–Trinajstić information content (AvgIpc) is 3.67. The number of likely N-dealkylation sites (N-methyl/N-ethyl adjacent to an activating group) is 1. The first-order valence-electron chi connectivity index (χ1n) is 13.0. The predicted octanol–water partition coefficient (Wildman–Crippen LogP) is -1.53. The van der Waals surface area contributed by atoms with Crippen LogP contribution in [0.3, 0.4) is 0 Å². The van der Waals surface area contributed by atoms with Crippen LogP contribution in [0.4, 0.5) is 17.2 Å². The van der Waals surface area contributed by atoms with Gasteiger partial charge in [-0.1, -0.05) is 11.2 Å². The Kier molecular flexibility index (Phi) is 8.96. The Morgan fingerprint density at radius 1 is 1.15 bits per heavy atom. The quantitative estimate of drug-likeness (QED) is 0.220. The van der Waals surface area contributed by atoms with Crippen LogP contribution >= 0.6 is 0 Å². The molecule has 0 aliphatic heterocycles. The molecule has 1 saturated carbocycles. The van der Waals surface area contributed by atoms with E-state index in [0.717, 1.165) is 12.8 Å². The zero-order chi connectivity index (χ0) is 29.7. The van der Waals surface area contributed by atoms with Crippen LogP contribution in [0, 0.1) is 5.92 Å². The van der Waals surface area contributed by atoms with Crippen molar-refractivity contribution in [2.75, 3.05) is 38.5 Å². The van der Waals surface area contributed by atoms with Gasteiger partial charge >= 0.3 is 0 Å². The number of carbonyl (C=O) groups is 3. The highest BCUT2D eigenvalue weighted by Gasteiger charge is 2.30. The van der Waals surface area contributed by atoms with E-state index >= 15 is 0 Å². The molecule has 1 aliphatic rings. The van der Waals surface area contributed by atoms with Gasteiger partial charge in [0.25, 0.3) is 11.8 Å². The molecule has 2 heterocycles. The van der Waals surface area contributed by atoms with E-state index in [1.165, 1.54) is 19.1 Å². The molecule has 1 aliphatic carbocycles. The number of methoxy groups -OCH3 is 2. The van der Waals surface area contributed by atoms with E-state index in [4.69, 9.17) is 14.0 Å². The van der Waals surface area contributed by atoms with Crippen molar-refractivity contribution in [2.24, 2.45) is 5.92 Å². The minimum Gasteiger partial charge on any atom is -0.494 e. The van der Waals surface area contributed by atoms with Crippen molar-refractivity contribution in [1.82, 2.24) is 30.6 Å². The summed E-state index contributed by atoms with van der Waals surface area (Å²) >= 11 is 0. The molecular formula is C24H31B3N8O6. The first-order chi connectivity index (χ1) is 19.5. The van der Waals surface area contributed by atoms with Gasteiger partial charge in [-0.2, -0.15) is 4.98 Å². The summed E-state index contributed by atoms with van der Waals surface area (Å²) in [5.74, 6) is 0.176. The van der Waals surface area contributed by atoms with Crippen molar-refractivity contribution in [3.05, 3.63) is 35.8 Å². The average molecular weight is 560 g/mol. The van der Waals surface area contributed by atoms with Crippen LogP contribution in [0.1, 0.15) is 29.2 Å². The number of ether oxygens (including phenoxy) is 2. The summed E-state index contributed by atoms with van der Waals surface area (Å²) in [5, 5.41) is 20.5. The Morgan fingerprint density at radius 2 is 1.90 bits per heavy atom. The molecular weight excluding hydrogens is 529 g/mol. The minimum absolute atomic E-state index is 0.0284. The largest absolute Gasteiger partial charge is 0.494 e. The molecule has 1 aromatic carbocycles. The normalized spacial score (nSPS) is 12.9. The second-order valence-corrected chi connectivity index (χ2v) is 10.7. The molecule has 0 spiro atoms. The lowest BCUT2D eigenvalue weighted by Crippen LogP contribution is -2.50. The molecule has 0 saturated heterocycles. The van der Waals surface area contributed by atoms with Gasteiger partial charge < -0.3 is 34.8 Å². The molecule has 14 nitrogen and oxygen atoms in total. The third-order valence-electron chi connectivity index (χ3n) is 5.96. The zero-order valence-corrected chi connectivity index (χ0v) is 23.9. The lowest BCUT2D eigenvalue weighted by molar-refractivity contribution is -0.134. The van der Waals surface area contributed by atoms with Crippen molar-refractivity contribution >= 4 is 58.5 Å². The van der Waals surface area contributed by atoms with Crippen LogP contribution in [0.15, 0.2) is 28.8 Å². The smallest absolute Gasteiger partial charge is 0.272 e. The standard InChI is InChI=1S/C24H31B3N8O6/c1-35(18(36)11-39-2)10-17-30-23(41-34-17)13-5-4-6-14(20(13)40-3)28-15-9-16(29-21(37)12-7-8-12)32-33-19(15)22(38)31-24(25,26)27/h4-6,9,12H,7-8,10-11,25-27H2,1-3H3,(H,31,38)(H2,28,29,32,37). The van der Waals surface area contributed by atoms with Crippen molar-refractivity contribution in [2.45, 2.75) is 24.6 Å². The second-order valence-electron chi connectivity index (χ2n) is 10.7. The molecule has 2 aromatic heterocycles. The Bertz CT molecular complexity index is 1440. The summed E-state index contributed by atoms with van der Waals surface area (Å²) in [4.78, 5) is 43.3. The topological polar surface area (TPSA) is 174 Å². The van der Waals surface area contributed by atoms with Gasteiger partial charge in [-0.3, -0.25) is 14.4 Å². The Labute approximate surface area is 239 Å². The Balaban J connectivity index is 1.65. The zero-order valence-electron chi connectivity index (χ0n) is 23.9. The Morgan fingerprint density at radius 3 is 2.56 bits per heavy atom. The molecule has 0 radical (unpaired) electrons. The number of para-hydroxylation sites is 1. The fraction of sp³-hybridized carbons (Fsp3) is 0.375. The number of carbonyl (C=O) groups excluding carboxylic acids is 3. The van der Waals surface area contributed by atoms with Gasteiger partial charge in [-0.15, -0.1) is 10.2 Å². The molecule has 0 unspecified atom stereocenters. The van der Waals surface area contributed by atoms with Gasteiger partial charge in [-0.05, 0) is 30.2 Å². The first-order valence-corrected chi connectivity index (χ1v) is 13.0. The van der Waals surface area contributed by atoms with Crippen LogP contribution in [-0.2, 0) is 20.9 Å². The van der Waals surface area contributed by atoms with Gasteiger partial charge in [0.15, 0.2) is 23.1 Å².